The minimum Gasteiger partial charge on any atom is -0.490 e. The van der Waals surface area contributed by atoms with Crippen LogP contribution < -0.4 is 15.2 Å². The maximum absolute atomic E-state index is 13.6. The fourth-order valence-corrected chi connectivity index (χ4v) is 2.03. The summed E-state index contributed by atoms with van der Waals surface area (Å²) in [6.07, 6.45) is 0. The molecule has 0 aliphatic carbocycles. The Morgan fingerprint density at radius 2 is 1.90 bits per heavy atom. The lowest BCUT2D eigenvalue weighted by Gasteiger charge is -2.10. The molecule has 3 nitrogen and oxygen atoms in total. The minimum absolute atomic E-state index is 0.189. The van der Waals surface area contributed by atoms with Gasteiger partial charge in [-0.05, 0) is 36.8 Å². The Labute approximate surface area is 125 Å². The van der Waals surface area contributed by atoms with Gasteiger partial charge in [0.25, 0.3) is 0 Å². The van der Waals surface area contributed by atoms with Crippen LogP contribution in [0.3, 0.4) is 0 Å². The summed E-state index contributed by atoms with van der Waals surface area (Å²) in [5.41, 5.74) is 6.81. The molecule has 0 amide bonds. The fraction of sp³-hybridized carbons (Fsp3) is 0.200. The number of nitrogens with two attached hydrogens (primary N) is 1. The third-order valence-corrected chi connectivity index (χ3v) is 3.22. The summed E-state index contributed by atoms with van der Waals surface area (Å²) in [4.78, 5) is 0. The topological polar surface area (TPSA) is 44.5 Å². The third kappa shape index (κ3) is 3.87. The van der Waals surface area contributed by atoms with Crippen LogP contribution in [0, 0.1) is 12.7 Å². The Kier molecular flexibility index (Phi) is 4.84. The van der Waals surface area contributed by atoms with E-state index in [1.165, 1.54) is 6.07 Å². The van der Waals surface area contributed by atoms with E-state index in [0.29, 0.717) is 12.3 Å². The monoisotopic (exact) mass is 339 g/mol. The zero-order valence-electron chi connectivity index (χ0n) is 11.0. The first-order chi connectivity index (χ1) is 9.56. The van der Waals surface area contributed by atoms with Crippen LogP contribution in [0.25, 0.3) is 0 Å². The number of halogens is 2. The number of benzene rings is 2. The Hall–Kier alpha value is -1.75. The van der Waals surface area contributed by atoms with Crippen molar-refractivity contribution in [1.29, 1.82) is 0 Å². The average molecular weight is 340 g/mol. The van der Waals surface area contributed by atoms with Gasteiger partial charge in [0.05, 0.1) is 0 Å². The van der Waals surface area contributed by atoms with Crippen LogP contribution >= 0.6 is 15.9 Å². The van der Waals surface area contributed by atoms with Crippen LogP contribution in [-0.2, 0) is 0 Å². The standard InChI is InChI=1S/C15H15BrFNO2/c1-10-7-15(13(17)9-14(10)18)20-6-5-19-12-4-2-3-11(16)8-12/h2-4,7-9H,5-6,18H2,1H3. The summed E-state index contributed by atoms with van der Waals surface area (Å²) in [6, 6.07) is 10.3. The Bertz CT molecular complexity index is 604. The lowest BCUT2D eigenvalue weighted by Crippen LogP contribution is -2.10. The van der Waals surface area contributed by atoms with Gasteiger partial charge in [-0.3, -0.25) is 0 Å². The quantitative estimate of drug-likeness (QED) is 0.662. The second-order valence-corrected chi connectivity index (χ2v) is 5.21. The van der Waals surface area contributed by atoms with Crippen LogP contribution in [0.2, 0.25) is 0 Å². The maximum atomic E-state index is 13.6. The highest BCUT2D eigenvalue weighted by Gasteiger charge is 2.06. The van der Waals surface area contributed by atoms with Gasteiger partial charge in [-0.1, -0.05) is 22.0 Å². The minimum atomic E-state index is -0.462. The van der Waals surface area contributed by atoms with Crippen molar-refractivity contribution in [3.05, 3.63) is 52.3 Å². The molecule has 2 aromatic carbocycles. The van der Waals surface area contributed by atoms with Crippen LogP contribution in [0.5, 0.6) is 11.5 Å². The second kappa shape index (κ2) is 6.61. The van der Waals surface area contributed by atoms with Crippen molar-refractivity contribution < 1.29 is 13.9 Å². The summed E-state index contributed by atoms with van der Waals surface area (Å²) in [5, 5.41) is 0. The molecule has 0 aliphatic heterocycles. The molecule has 0 unspecified atom stereocenters. The highest BCUT2D eigenvalue weighted by Crippen LogP contribution is 2.23. The SMILES string of the molecule is Cc1cc(OCCOc2cccc(Br)c2)c(F)cc1N. The molecular weight excluding hydrogens is 325 g/mol. The maximum Gasteiger partial charge on any atom is 0.167 e. The largest absolute Gasteiger partial charge is 0.490 e. The van der Waals surface area contributed by atoms with E-state index >= 15 is 0 Å². The molecule has 2 rings (SSSR count). The van der Waals surface area contributed by atoms with Gasteiger partial charge in [-0.15, -0.1) is 0 Å². The first kappa shape index (κ1) is 14.7. The molecule has 0 fully saturated rings. The Balaban J connectivity index is 1.86. The van der Waals surface area contributed by atoms with Gasteiger partial charge in [0.1, 0.15) is 19.0 Å². The van der Waals surface area contributed by atoms with Gasteiger partial charge < -0.3 is 15.2 Å². The van der Waals surface area contributed by atoms with Gasteiger partial charge in [0, 0.05) is 16.2 Å². The van der Waals surface area contributed by atoms with Crippen molar-refractivity contribution >= 4 is 21.6 Å². The molecular formula is C15H15BrFNO2. The first-order valence-corrected chi connectivity index (χ1v) is 6.92. The third-order valence-electron chi connectivity index (χ3n) is 2.73. The first-order valence-electron chi connectivity index (χ1n) is 6.13. The molecule has 0 saturated heterocycles. The van der Waals surface area contributed by atoms with E-state index in [0.717, 1.165) is 15.8 Å². The van der Waals surface area contributed by atoms with Crippen LogP contribution in [-0.4, -0.2) is 13.2 Å². The second-order valence-electron chi connectivity index (χ2n) is 4.29. The number of aryl methyl sites for hydroxylation is 1. The summed E-state index contributed by atoms with van der Waals surface area (Å²) in [7, 11) is 0. The predicted octanol–water partition coefficient (Wildman–Crippen LogP) is 3.94. The van der Waals surface area contributed by atoms with Crippen molar-refractivity contribution in [1.82, 2.24) is 0 Å². The molecule has 2 N–H and O–H groups in total. The molecule has 0 bridgehead atoms. The molecule has 106 valence electrons. The molecule has 0 heterocycles. The molecule has 0 saturated carbocycles. The number of rotatable bonds is 5. The number of anilines is 1. The van der Waals surface area contributed by atoms with E-state index in [-0.39, 0.29) is 12.4 Å². The molecule has 0 aliphatic rings. The van der Waals surface area contributed by atoms with Gasteiger partial charge in [-0.2, -0.15) is 0 Å². The lowest BCUT2D eigenvalue weighted by molar-refractivity contribution is 0.211. The average Bonchev–Trinajstić information content (AvgIpc) is 2.40. The van der Waals surface area contributed by atoms with E-state index < -0.39 is 5.82 Å². The zero-order valence-corrected chi connectivity index (χ0v) is 12.6. The van der Waals surface area contributed by atoms with E-state index in [9.17, 15) is 4.39 Å². The van der Waals surface area contributed by atoms with Crippen molar-refractivity contribution in [3.8, 4) is 11.5 Å². The molecule has 0 aromatic heterocycles. The normalized spacial score (nSPS) is 10.3. The summed E-state index contributed by atoms with van der Waals surface area (Å²) < 4.78 is 25.4. The van der Waals surface area contributed by atoms with E-state index in [1.54, 1.807) is 13.0 Å². The van der Waals surface area contributed by atoms with Gasteiger partial charge in [0.2, 0.25) is 0 Å². The molecule has 0 atom stereocenters. The van der Waals surface area contributed by atoms with Gasteiger partial charge >= 0.3 is 0 Å². The molecule has 2 aromatic rings. The highest BCUT2D eigenvalue weighted by atomic mass is 79.9. The Morgan fingerprint density at radius 1 is 1.15 bits per heavy atom. The Morgan fingerprint density at radius 3 is 2.65 bits per heavy atom. The van der Waals surface area contributed by atoms with E-state index in [2.05, 4.69) is 15.9 Å². The molecule has 5 heteroatoms. The lowest BCUT2D eigenvalue weighted by atomic mass is 10.2. The summed E-state index contributed by atoms with van der Waals surface area (Å²) in [5.74, 6) is 0.460. The number of hydrogen-bond acceptors (Lipinski definition) is 3. The van der Waals surface area contributed by atoms with Gasteiger partial charge in [0.15, 0.2) is 11.6 Å². The number of hydrogen-bond donors (Lipinski definition) is 1. The van der Waals surface area contributed by atoms with Crippen molar-refractivity contribution in [2.75, 3.05) is 18.9 Å². The molecule has 0 radical (unpaired) electrons. The van der Waals surface area contributed by atoms with Crippen molar-refractivity contribution in [2.45, 2.75) is 6.92 Å². The van der Waals surface area contributed by atoms with E-state index in [1.807, 2.05) is 24.3 Å². The van der Waals surface area contributed by atoms with Crippen LogP contribution in [0.4, 0.5) is 10.1 Å². The van der Waals surface area contributed by atoms with Crippen LogP contribution in [0.15, 0.2) is 40.9 Å². The fourth-order valence-electron chi connectivity index (χ4n) is 1.65. The van der Waals surface area contributed by atoms with Crippen LogP contribution in [0.1, 0.15) is 5.56 Å². The molecule has 20 heavy (non-hydrogen) atoms. The summed E-state index contributed by atoms with van der Waals surface area (Å²) in [6.45, 7) is 2.39. The zero-order chi connectivity index (χ0) is 14.5. The number of nitrogen functional groups attached to an aromatic ring is 1. The predicted molar refractivity (Wildman–Crippen MR) is 80.7 cm³/mol. The number of ether oxygens (including phenoxy) is 2. The van der Waals surface area contributed by atoms with Gasteiger partial charge in [-0.25, -0.2) is 4.39 Å². The summed E-state index contributed by atoms with van der Waals surface area (Å²) >= 11 is 3.36. The molecule has 0 spiro atoms. The smallest absolute Gasteiger partial charge is 0.167 e. The van der Waals surface area contributed by atoms with Crippen molar-refractivity contribution in [2.24, 2.45) is 0 Å². The highest BCUT2D eigenvalue weighted by molar-refractivity contribution is 9.10. The van der Waals surface area contributed by atoms with E-state index in [4.69, 9.17) is 15.2 Å². The van der Waals surface area contributed by atoms with Crippen molar-refractivity contribution in [3.63, 3.8) is 0 Å².